The van der Waals surface area contributed by atoms with E-state index in [1.165, 1.54) is 6.07 Å². The van der Waals surface area contributed by atoms with Crippen molar-refractivity contribution in [1.29, 1.82) is 0 Å². The second kappa shape index (κ2) is 6.51. The van der Waals surface area contributed by atoms with Gasteiger partial charge in [-0.15, -0.1) is 0 Å². The molecule has 0 bridgehead atoms. The van der Waals surface area contributed by atoms with Gasteiger partial charge in [-0.05, 0) is 36.1 Å². The molecule has 0 saturated heterocycles. The lowest BCUT2D eigenvalue weighted by molar-refractivity contribution is 0.0698. The van der Waals surface area contributed by atoms with Crippen LogP contribution in [-0.2, 0) is 6.42 Å². The number of carboxylic acid groups (broad SMARTS) is 1. The van der Waals surface area contributed by atoms with Crippen molar-refractivity contribution in [1.82, 2.24) is 0 Å². The normalized spacial score (nSPS) is 9.83. The number of anilines is 1. The van der Waals surface area contributed by atoms with Crippen molar-refractivity contribution >= 4 is 17.3 Å². The Morgan fingerprint density at radius 2 is 2.22 bits per heavy atom. The molecule has 0 aromatic heterocycles. The Kier molecular flexibility index (Phi) is 5.02. The van der Waals surface area contributed by atoms with Crippen LogP contribution in [0.3, 0.4) is 0 Å². The van der Waals surface area contributed by atoms with E-state index in [0.717, 1.165) is 31.2 Å². The highest BCUT2D eigenvalue weighted by Gasteiger charge is 2.12. The number of carbonyl (C=O) groups is 1. The molecule has 0 saturated carbocycles. The van der Waals surface area contributed by atoms with Crippen LogP contribution in [0.4, 0.5) is 11.4 Å². The summed E-state index contributed by atoms with van der Waals surface area (Å²) < 4.78 is 0. The van der Waals surface area contributed by atoms with E-state index in [0.29, 0.717) is 5.69 Å². The second-order valence-electron chi connectivity index (χ2n) is 4.02. The molecule has 0 radical (unpaired) electrons. The second-order valence-corrected chi connectivity index (χ2v) is 4.02. The van der Waals surface area contributed by atoms with Crippen LogP contribution in [0.2, 0.25) is 0 Å². The first-order valence-corrected chi connectivity index (χ1v) is 5.81. The number of unbranched alkanes of at least 4 members (excludes halogenated alkanes) is 2. The van der Waals surface area contributed by atoms with Crippen LogP contribution in [-0.4, -0.2) is 11.1 Å². The SMILES string of the molecule is CCCCCc1cc(N)c(C(=O)O)cc1N=[N+]=[N-]. The van der Waals surface area contributed by atoms with Crippen LogP contribution in [0.25, 0.3) is 10.4 Å². The van der Waals surface area contributed by atoms with Crippen molar-refractivity contribution in [2.45, 2.75) is 32.6 Å². The van der Waals surface area contributed by atoms with Crippen molar-refractivity contribution in [3.05, 3.63) is 33.7 Å². The van der Waals surface area contributed by atoms with Crippen LogP contribution < -0.4 is 5.73 Å². The summed E-state index contributed by atoms with van der Waals surface area (Å²) in [6.07, 6.45) is 3.83. The van der Waals surface area contributed by atoms with Gasteiger partial charge in [0.05, 0.1) is 5.56 Å². The van der Waals surface area contributed by atoms with Crippen LogP contribution in [0.15, 0.2) is 17.2 Å². The van der Waals surface area contributed by atoms with Gasteiger partial charge in [0.1, 0.15) is 0 Å². The Labute approximate surface area is 105 Å². The number of hydrogen-bond donors (Lipinski definition) is 2. The fourth-order valence-electron chi connectivity index (χ4n) is 1.74. The first-order chi connectivity index (χ1) is 8.60. The summed E-state index contributed by atoms with van der Waals surface area (Å²) >= 11 is 0. The van der Waals surface area contributed by atoms with Gasteiger partial charge in [0.15, 0.2) is 0 Å². The van der Waals surface area contributed by atoms with E-state index in [-0.39, 0.29) is 11.3 Å². The summed E-state index contributed by atoms with van der Waals surface area (Å²) in [7, 11) is 0. The predicted molar refractivity (Wildman–Crippen MR) is 69.8 cm³/mol. The molecule has 0 heterocycles. The van der Waals surface area contributed by atoms with Gasteiger partial charge in [-0.3, -0.25) is 0 Å². The Morgan fingerprint density at radius 1 is 1.50 bits per heavy atom. The summed E-state index contributed by atoms with van der Waals surface area (Å²) in [6, 6.07) is 2.92. The number of nitrogens with two attached hydrogens (primary N) is 1. The lowest BCUT2D eigenvalue weighted by Crippen LogP contribution is -2.03. The van der Waals surface area contributed by atoms with Crippen molar-refractivity contribution in [2.75, 3.05) is 5.73 Å². The molecule has 0 amide bonds. The Bertz CT molecular complexity index is 493. The van der Waals surface area contributed by atoms with E-state index in [4.69, 9.17) is 16.4 Å². The lowest BCUT2D eigenvalue weighted by atomic mass is 10.0. The molecular formula is C12H16N4O2. The third-order valence-corrected chi connectivity index (χ3v) is 2.68. The molecular weight excluding hydrogens is 232 g/mol. The average Bonchev–Trinajstić information content (AvgIpc) is 2.32. The fraction of sp³-hybridized carbons (Fsp3) is 0.417. The molecule has 0 aliphatic heterocycles. The van der Waals surface area contributed by atoms with Crippen LogP contribution in [0, 0.1) is 0 Å². The van der Waals surface area contributed by atoms with E-state index in [1.807, 2.05) is 0 Å². The molecule has 1 aromatic rings. The summed E-state index contributed by atoms with van der Waals surface area (Å²) in [4.78, 5) is 13.7. The highest BCUT2D eigenvalue weighted by atomic mass is 16.4. The Hall–Kier alpha value is -2.20. The minimum Gasteiger partial charge on any atom is -0.478 e. The maximum absolute atomic E-state index is 10.9. The van der Waals surface area contributed by atoms with E-state index in [2.05, 4.69) is 16.9 Å². The molecule has 1 rings (SSSR count). The quantitative estimate of drug-likeness (QED) is 0.263. The molecule has 0 fully saturated rings. The molecule has 0 unspecified atom stereocenters. The first-order valence-electron chi connectivity index (χ1n) is 5.81. The van der Waals surface area contributed by atoms with Gasteiger partial charge in [0.2, 0.25) is 0 Å². The van der Waals surface area contributed by atoms with Crippen molar-refractivity contribution in [3.8, 4) is 0 Å². The van der Waals surface area contributed by atoms with Crippen molar-refractivity contribution < 1.29 is 9.90 Å². The average molecular weight is 248 g/mol. The summed E-state index contributed by atoms with van der Waals surface area (Å²) in [5, 5.41) is 12.5. The smallest absolute Gasteiger partial charge is 0.337 e. The topological polar surface area (TPSA) is 112 Å². The third kappa shape index (κ3) is 3.40. The highest BCUT2D eigenvalue weighted by Crippen LogP contribution is 2.27. The molecule has 6 heteroatoms. The van der Waals surface area contributed by atoms with E-state index >= 15 is 0 Å². The zero-order valence-electron chi connectivity index (χ0n) is 10.3. The standard InChI is InChI=1S/C12H16N4O2/c1-2-3-4-5-8-6-10(13)9(12(17)18)7-11(8)15-16-14/h6-7H,2-5,13H2,1H3,(H,17,18). The van der Waals surface area contributed by atoms with Gasteiger partial charge in [-0.2, -0.15) is 0 Å². The predicted octanol–water partition coefficient (Wildman–Crippen LogP) is 3.64. The van der Waals surface area contributed by atoms with E-state index in [1.54, 1.807) is 6.07 Å². The minimum absolute atomic E-state index is 0.0309. The Balaban J connectivity index is 3.12. The molecule has 0 atom stereocenters. The van der Waals surface area contributed by atoms with Gasteiger partial charge >= 0.3 is 5.97 Å². The number of aryl methyl sites for hydroxylation is 1. The highest BCUT2D eigenvalue weighted by molar-refractivity contribution is 5.95. The van der Waals surface area contributed by atoms with Gasteiger partial charge < -0.3 is 10.8 Å². The maximum Gasteiger partial charge on any atom is 0.337 e. The number of nitrogens with zero attached hydrogens (tertiary/aromatic N) is 3. The van der Waals surface area contributed by atoms with Crippen LogP contribution >= 0.6 is 0 Å². The van der Waals surface area contributed by atoms with E-state index in [9.17, 15) is 4.79 Å². The van der Waals surface area contributed by atoms with Gasteiger partial charge in [-0.25, -0.2) is 4.79 Å². The number of nitrogen functional groups attached to an aromatic ring is 1. The summed E-state index contributed by atoms with van der Waals surface area (Å²) in [5.41, 5.74) is 15.5. The molecule has 6 nitrogen and oxygen atoms in total. The number of aromatic carboxylic acids is 1. The number of rotatable bonds is 6. The molecule has 0 aliphatic carbocycles. The van der Waals surface area contributed by atoms with Crippen LogP contribution in [0.1, 0.15) is 42.1 Å². The van der Waals surface area contributed by atoms with Crippen molar-refractivity contribution in [2.24, 2.45) is 5.11 Å². The zero-order chi connectivity index (χ0) is 13.5. The van der Waals surface area contributed by atoms with Gasteiger partial charge in [0, 0.05) is 16.3 Å². The molecule has 1 aromatic carbocycles. The monoisotopic (exact) mass is 248 g/mol. The zero-order valence-corrected chi connectivity index (χ0v) is 10.3. The molecule has 0 spiro atoms. The molecule has 18 heavy (non-hydrogen) atoms. The minimum atomic E-state index is -1.12. The molecule has 3 N–H and O–H groups in total. The van der Waals surface area contributed by atoms with E-state index < -0.39 is 5.97 Å². The maximum atomic E-state index is 10.9. The third-order valence-electron chi connectivity index (χ3n) is 2.68. The van der Waals surface area contributed by atoms with Crippen molar-refractivity contribution in [3.63, 3.8) is 0 Å². The fourth-order valence-corrected chi connectivity index (χ4v) is 1.74. The summed E-state index contributed by atoms with van der Waals surface area (Å²) in [5.74, 6) is -1.12. The number of hydrogen-bond acceptors (Lipinski definition) is 3. The van der Waals surface area contributed by atoms with Crippen LogP contribution in [0.5, 0.6) is 0 Å². The lowest BCUT2D eigenvalue weighted by Gasteiger charge is -2.09. The van der Waals surface area contributed by atoms with Gasteiger partial charge in [0.25, 0.3) is 0 Å². The molecule has 0 aliphatic rings. The Morgan fingerprint density at radius 3 is 2.78 bits per heavy atom. The number of azide groups is 1. The number of carboxylic acids is 1. The largest absolute Gasteiger partial charge is 0.478 e. The number of benzene rings is 1. The molecule has 96 valence electrons. The first kappa shape index (κ1) is 13.9. The summed E-state index contributed by atoms with van der Waals surface area (Å²) in [6.45, 7) is 2.09. The van der Waals surface area contributed by atoms with Gasteiger partial charge in [-0.1, -0.05) is 24.9 Å².